The van der Waals surface area contributed by atoms with Gasteiger partial charge in [0.25, 0.3) is 5.91 Å². The Balaban J connectivity index is 2.40. The molecular formula is C13H15NO6. The first kappa shape index (κ1) is 15.6. The minimum Gasteiger partial charge on any atom is -0.460 e. The van der Waals surface area contributed by atoms with Crippen LogP contribution >= 0.6 is 0 Å². The van der Waals surface area contributed by atoms with E-state index in [0.717, 1.165) is 12.2 Å². The smallest absolute Gasteiger partial charge is 0.331 e. The van der Waals surface area contributed by atoms with Crippen LogP contribution in [-0.2, 0) is 28.7 Å². The lowest BCUT2D eigenvalue weighted by Gasteiger charge is -2.12. The van der Waals surface area contributed by atoms with Crippen molar-refractivity contribution >= 4 is 23.8 Å². The van der Waals surface area contributed by atoms with Crippen LogP contribution in [0.15, 0.2) is 23.8 Å². The van der Waals surface area contributed by atoms with Gasteiger partial charge >= 0.3 is 11.9 Å². The lowest BCUT2D eigenvalue weighted by molar-refractivity contribution is -0.142. The topological polar surface area (TPSA) is 98.8 Å². The van der Waals surface area contributed by atoms with Crippen LogP contribution in [0, 0.1) is 0 Å². The summed E-state index contributed by atoms with van der Waals surface area (Å²) in [5, 5.41) is 2.09. The number of imide groups is 1. The minimum atomic E-state index is -0.759. The van der Waals surface area contributed by atoms with Gasteiger partial charge in [0.15, 0.2) is 0 Å². The summed E-state index contributed by atoms with van der Waals surface area (Å²) in [5.74, 6) is -2.39. The summed E-state index contributed by atoms with van der Waals surface area (Å²) < 4.78 is 9.58. The summed E-state index contributed by atoms with van der Waals surface area (Å²) in [5.41, 5.74) is 0.394. The molecule has 0 atom stereocenters. The van der Waals surface area contributed by atoms with E-state index in [0.29, 0.717) is 5.57 Å². The minimum absolute atomic E-state index is 0.00186. The van der Waals surface area contributed by atoms with E-state index < -0.39 is 23.8 Å². The zero-order chi connectivity index (χ0) is 15.1. The van der Waals surface area contributed by atoms with E-state index in [-0.39, 0.29) is 19.1 Å². The molecule has 7 nitrogen and oxygen atoms in total. The van der Waals surface area contributed by atoms with Crippen LogP contribution < -0.4 is 5.32 Å². The van der Waals surface area contributed by atoms with Crippen LogP contribution in [0.3, 0.4) is 0 Å². The lowest BCUT2D eigenvalue weighted by atomic mass is 10.1. The SMILES string of the molecule is CC(C)OC(=O)/C=C/C(=O)OCC1=CC(=O)NC(=O)C1. The Bertz CT molecular complexity index is 489. The molecule has 108 valence electrons. The quantitative estimate of drug-likeness (QED) is 0.433. The molecular weight excluding hydrogens is 266 g/mol. The number of rotatable bonds is 5. The van der Waals surface area contributed by atoms with Crippen molar-refractivity contribution in [3.63, 3.8) is 0 Å². The third-order valence-corrected chi connectivity index (χ3v) is 2.09. The fourth-order valence-electron chi connectivity index (χ4n) is 1.37. The molecule has 0 aromatic heterocycles. The van der Waals surface area contributed by atoms with Gasteiger partial charge in [-0.05, 0) is 19.4 Å². The van der Waals surface area contributed by atoms with Crippen LogP contribution in [0.2, 0.25) is 0 Å². The molecule has 0 aliphatic carbocycles. The van der Waals surface area contributed by atoms with E-state index in [1.54, 1.807) is 13.8 Å². The molecule has 20 heavy (non-hydrogen) atoms. The third-order valence-electron chi connectivity index (χ3n) is 2.09. The van der Waals surface area contributed by atoms with Crippen LogP contribution in [0.25, 0.3) is 0 Å². The van der Waals surface area contributed by atoms with Crippen molar-refractivity contribution in [2.24, 2.45) is 0 Å². The fraction of sp³-hybridized carbons (Fsp3) is 0.385. The number of amides is 2. The van der Waals surface area contributed by atoms with Crippen molar-refractivity contribution in [2.45, 2.75) is 26.4 Å². The molecule has 0 saturated carbocycles. The van der Waals surface area contributed by atoms with Gasteiger partial charge in [-0.25, -0.2) is 9.59 Å². The highest BCUT2D eigenvalue weighted by molar-refractivity contribution is 6.05. The highest BCUT2D eigenvalue weighted by Crippen LogP contribution is 2.06. The monoisotopic (exact) mass is 281 g/mol. The summed E-state index contributed by atoms with van der Waals surface area (Å²) in [6.07, 6.45) is 2.80. The molecule has 1 aliphatic heterocycles. The summed E-state index contributed by atoms with van der Waals surface area (Å²) in [6, 6.07) is 0. The van der Waals surface area contributed by atoms with Gasteiger partial charge in [-0.2, -0.15) is 0 Å². The van der Waals surface area contributed by atoms with E-state index in [2.05, 4.69) is 5.32 Å². The Morgan fingerprint density at radius 1 is 1.30 bits per heavy atom. The van der Waals surface area contributed by atoms with Crippen LogP contribution in [-0.4, -0.2) is 36.5 Å². The summed E-state index contributed by atoms with van der Waals surface area (Å²) >= 11 is 0. The van der Waals surface area contributed by atoms with Gasteiger partial charge in [-0.3, -0.25) is 14.9 Å². The molecule has 0 radical (unpaired) electrons. The van der Waals surface area contributed by atoms with Crippen LogP contribution in [0.5, 0.6) is 0 Å². The predicted molar refractivity (Wildman–Crippen MR) is 67.2 cm³/mol. The molecule has 0 bridgehead atoms. The first-order valence-corrected chi connectivity index (χ1v) is 5.95. The van der Waals surface area contributed by atoms with Crippen molar-refractivity contribution in [1.29, 1.82) is 0 Å². The Hall–Kier alpha value is -2.44. The first-order valence-electron chi connectivity index (χ1n) is 5.95. The Morgan fingerprint density at radius 2 is 1.95 bits per heavy atom. The number of esters is 2. The number of carbonyl (C=O) groups is 4. The highest BCUT2D eigenvalue weighted by Gasteiger charge is 2.17. The molecule has 0 saturated heterocycles. The zero-order valence-corrected chi connectivity index (χ0v) is 11.2. The fourth-order valence-corrected chi connectivity index (χ4v) is 1.37. The van der Waals surface area contributed by atoms with E-state index in [4.69, 9.17) is 9.47 Å². The van der Waals surface area contributed by atoms with Gasteiger partial charge in [0.05, 0.1) is 12.5 Å². The Labute approximate surface area is 115 Å². The van der Waals surface area contributed by atoms with Crippen LogP contribution in [0.1, 0.15) is 20.3 Å². The normalized spacial score (nSPS) is 15.1. The Kier molecular flexibility index (Phi) is 5.64. The number of hydrogen-bond acceptors (Lipinski definition) is 6. The average Bonchev–Trinajstić information content (AvgIpc) is 2.32. The predicted octanol–water partition coefficient (Wildman–Crippen LogP) is 0.0103. The highest BCUT2D eigenvalue weighted by atomic mass is 16.5. The molecule has 0 spiro atoms. The number of ether oxygens (including phenoxy) is 2. The largest absolute Gasteiger partial charge is 0.460 e. The second-order valence-corrected chi connectivity index (χ2v) is 4.32. The van der Waals surface area contributed by atoms with Crippen molar-refractivity contribution in [1.82, 2.24) is 5.32 Å². The van der Waals surface area contributed by atoms with Gasteiger partial charge in [-0.15, -0.1) is 0 Å². The number of nitrogens with one attached hydrogen (secondary N) is 1. The maximum absolute atomic E-state index is 11.3. The summed E-state index contributed by atoms with van der Waals surface area (Å²) in [6.45, 7) is 3.19. The molecule has 1 heterocycles. The average molecular weight is 281 g/mol. The molecule has 1 aliphatic rings. The van der Waals surface area contributed by atoms with E-state index >= 15 is 0 Å². The lowest BCUT2D eigenvalue weighted by Crippen LogP contribution is -2.33. The van der Waals surface area contributed by atoms with Crippen molar-refractivity contribution in [3.05, 3.63) is 23.8 Å². The van der Waals surface area contributed by atoms with Crippen molar-refractivity contribution in [2.75, 3.05) is 6.61 Å². The van der Waals surface area contributed by atoms with Crippen molar-refractivity contribution in [3.8, 4) is 0 Å². The second-order valence-electron chi connectivity index (χ2n) is 4.32. The van der Waals surface area contributed by atoms with Gasteiger partial charge in [0, 0.05) is 18.2 Å². The number of carbonyl (C=O) groups excluding carboxylic acids is 4. The van der Waals surface area contributed by atoms with Crippen LogP contribution in [0.4, 0.5) is 0 Å². The zero-order valence-electron chi connectivity index (χ0n) is 11.2. The molecule has 1 N–H and O–H groups in total. The van der Waals surface area contributed by atoms with Gasteiger partial charge < -0.3 is 9.47 Å². The molecule has 0 aromatic rings. The van der Waals surface area contributed by atoms with Gasteiger partial charge in [-0.1, -0.05) is 0 Å². The molecule has 1 rings (SSSR count). The van der Waals surface area contributed by atoms with E-state index in [9.17, 15) is 19.2 Å². The van der Waals surface area contributed by atoms with E-state index in [1.807, 2.05) is 0 Å². The summed E-state index contributed by atoms with van der Waals surface area (Å²) in [4.78, 5) is 44.5. The van der Waals surface area contributed by atoms with Gasteiger partial charge in [0.1, 0.15) is 6.61 Å². The molecule has 2 amide bonds. The summed E-state index contributed by atoms with van der Waals surface area (Å²) in [7, 11) is 0. The maximum Gasteiger partial charge on any atom is 0.331 e. The third kappa shape index (κ3) is 5.94. The first-order chi connectivity index (χ1) is 9.36. The van der Waals surface area contributed by atoms with Crippen molar-refractivity contribution < 1.29 is 28.7 Å². The van der Waals surface area contributed by atoms with Gasteiger partial charge in [0.2, 0.25) is 5.91 Å². The maximum atomic E-state index is 11.3. The molecule has 7 heteroatoms. The van der Waals surface area contributed by atoms with E-state index in [1.165, 1.54) is 6.08 Å². The standard InChI is InChI=1S/C13H15NO6/c1-8(2)20-13(18)4-3-12(17)19-7-9-5-10(15)14-11(16)6-9/h3-5,8H,6-7H2,1-2H3,(H,14,15,16)/b4-3+. The molecule has 0 unspecified atom stereocenters. The molecule has 0 aromatic carbocycles. The Morgan fingerprint density at radius 3 is 2.55 bits per heavy atom. The second kappa shape index (κ2) is 7.22. The molecule has 0 fully saturated rings. The number of hydrogen-bond donors (Lipinski definition) is 1.